The molecule has 3 nitrogen and oxygen atoms in total. The van der Waals surface area contributed by atoms with Gasteiger partial charge in [-0.3, -0.25) is 0 Å². The lowest BCUT2D eigenvalue weighted by Gasteiger charge is -2.22. The molecule has 0 spiro atoms. The second-order valence-electron chi connectivity index (χ2n) is 4.06. The molecule has 2 heterocycles. The van der Waals surface area contributed by atoms with Gasteiger partial charge in [0.2, 0.25) is 0 Å². The predicted molar refractivity (Wildman–Crippen MR) is 68.6 cm³/mol. The van der Waals surface area contributed by atoms with Crippen molar-refractivity contribution in [1.82, 2.24) is 4.98 Å². The number of nitrogen functional groups attached to an aromatic ring is 1. The smallest absolute Gasteiger partial charge is 0.143 e. The molecule has 2 N–H and O–H groups in total. The SMILES string of the molecule is Nc1nc(Br)cc(CC2CCOCC2)c1Cl. The van der Waals surface area contributed by atoms with Crippen molar-refractivity contribution < 1.29 is 4.74 Å². The first-order valence-corrected chi connectivity index (χ1v) is 6.52. The zero-order chi connectivity index (χ0) is 11.5. The number of halogens is 2. The second kappa shape index (κ2) is 5.34. The minimum atomic E-state index is 0.401. The second-order valence-corrected chi connectivity index (χ2v) is 5.25. The fraction of sp³-hybridized carbons (Fsp3) is 0.545. The number of hydrogen-bond acceptors (Lipinski definition) is 3. The van der Waals surface area contributed by atoms with Crippen LogP contribution in [0.1, 0.15) is 18.4 Å². The Morgan fingerprint density at radius 1 is 1.50 bits per heavy atom. The zero-order valence-electron chi connectivity index (χ0n) is 8.88. The molecule has 0 aliphatic carbocycles. The highest BCUT2D eigenvalue weighted by Gasteiger charge is 2.17. The largest absolute Gasteiger partial charge is 0.382 e. The van der Waals surface area contributed by atoms with Crippen LogP contribution in [0.25, 0.3) is 0 Å². The highest BCUT2D eigenvalue weighted by atomic mass is 79.9. The molecule has 1 fully saturated rings. The van der Waals surface area contributed by atoms with E-state index < -0.39 is 0 Å². The average molecular weight is 306 g/mol. The Kier molecular flexibility index (Phi) is 4.05. The number of hydrogen-bond donors (Lipinski definition) is 1. The molecule has 1 aromatic rings. The summed E-state index contributed by atoms with van der Waals surface area (Å²) in [6.45, 7) is 1.70. The normalized spacial score (nSPS) is 17.6. The van der Waals surface area contributed by atoms with Crippen LogP contribution >= 0.6 is 27.5 Å². The highest BCUT2D eigenvalue weighted by molar-refractivity contribution is 9.10. The first-order valence-electron chi connectivity index (χ1n) is 5.35. The summed E-state index contributed by atoms with van der Waals surface area (Å²) in [5.74, 6) is 1.04. The van der Waals surface area contributed by atoms with Crippen molar-refractivity contribution in [2.24, 2.45) is 5.92 Å². The van der Waals surface area contributed by atoms with Gasteiger partial charge in [0.25, 0.3) is 0 Å². The predicted octanol–water partition coefficient (Wildman–Crippen LogP) is 3.05. The van der Waals surface area contributed by atoms with Crippen LogP contribution in [0.2, 0.25) is 5.02 Å². The summed E-state index contributed by atoms with van der Waals surface area (Å²) in [6.07, 6.45) is 3.14. The van der Waals surface area contributed by atoms with Gasteiger partial charge in [0, 0.05) is 13.2 Å². The minimum absolute atomic E-state index is 0.401. The molecule has 88 valence electrons. The van der Waals surface area contributed by atoms with E-state index in [-0.39, 0.29) is 0 Å². The van der Waals surface area contributed by atoms with E-state index in [9.17, 15) is 0 Å². The molecule has 1 saturated heterocycles. The first kappa shape index (κ1) is 12.1. The highest BCUT2D eigenvalue weighted by Crippen LogP contribution is 2.29. The van der Waals surface area contributed by atoms with Gasteiger partial charge in [0.15, 0.2) is 0 Å². The molecule has 0 aromatic carbocycles. The third-order valence-electron chi connectivity index (χ3n) is 2.88. The van der Waals surface area contributed by atoms with Crippen LogP contribution in [0, 0.1) is 5.92 Å². The Morgan fingerprint density at radius 2 is 2.19 bits per heavy atom. The van der Waals surface area contributed by atoms with Gasteiger partial charge in [-0.25, -0.2) is 4.98 Å². The third-order valence-corrected chi connectivity index (χ3v) is 3.72. The van der Waals surface area contributed by atoms with Crippen molar-refractivity contribution >= 4 is 33.3 Å². The van der Waals surface area contributed by atoms with Crippen molar-refractivity contribution in [2.45, 2.75) is 19.3 Å². The van der Waals surface area contributed by atoms with E-state index in [1.807, 2.05) is 6.07 Å². The van der Waals surface area contributed by atoms with Crippen molar-refractivity contribution in [3.63, 3.8) is 0 Å². The number of anilines is 1. The van der Waals surface area contributed by atoms with Crippen LogP contribution < -0.4 is 5.73 Å². The van der Waals surface area contributed by atoms with Gasteiger partial charge in [-0.05, 0) is 52.7 Å². The molecule has 0 amide bonds. The van der Waals surface area contributed by atoms with Crippen molar-refractivity contribution in [3.05, 3.63) is 21.3 Å². The molecule has 5 heteroatoms. The molecule has 0 atom stereocenters. The van der Waals surface area contributed by atoms with E-state index in [0.29, 0.717) is 16.8 Å². The summed E-state index contributed by atoms with van der Waals surface area (Å²) in [5.41, 5.74) is 6.81. The molecule has 0 bridgehead atoms. The Bertz CT molecular complexity index is 380. The zero-order valence-corrected chi connectivity index (χ0v) is 11.2. The van der Waals surface area contributed by atoms with Crippen LogP contribution in [0.3, 0.4) is 0 Å². The van der Waals surface area contributed by atoms with Gasteiger partial charge in [-0.1, -0.05) is 11.6 Å². The summed E-state index contributed by atoms with van der Waals surface area (Å²) >= 11 is 9.48. The van der Waals surface area contributed by atoms with Crippen LogP contribution in [-0.2, 0) is 11.2 Å². The first-order chi connectivity index (χ1) is 7.66. The van der Waals surface area contributed by atoms with Crippen LogP contribution in [-0.4, -0.2) is 18.2 Å². The van der Waals surface area contributed by atoms with Gasteiger partial charge < -0.3 is 10.5 Å². The number of ether oxygens (including phenoxy) is 1. The quantitative estimate of drug-likeness (QED) is 0.854. The lowest BCUT2D eigenvalue weighted by atomic mass is 9.93. The number of pyridine rings is 1. The number of aromatic nitrogens is 1. The van der Waals surface area contributed by atoms with E-state index in [4.69, 9.17) is 22.1 Å². The summed E-state index contributed by atoms with van der Waals surface area (Å²) < 4.78 is 6.08. The molecular weight excluding hydrogens is 291 g/mol. The van der Waals surface area contributed by atoms with E-state index in [1.165, 1.54) is 0 Å². The molecule has 1 aliphatic heterocycles. The monoisotopic (exact) mass is 304 g/mol. The lowest BCUT2D eigenvalue weighted by molar-refractivity contribution is 0.0665. The summed E-state index contributed by atoms with van der Waals surface area (Å²) in [7, 11) is 0. The number of nitrogens with zero attached hydrogens (tertiary/aromatic N) is 1. The Balaban J connectivity index is 2.13. The molecule has 16 heavy (non-hydrogen) atoms. The molecular formula is C11H14BrClN2O. The fourth-order valence-electron chi connectivity index (χ4n) is 1.98. The summed E-state index contributed by atoms with van der Waals surface area (Å²) in [4.78, 5) is 4.06. The maximum Gasteiger partial charge on any atom is 0.143 e. The van der Waals surface area contributed by atoms with Crippen LogP contribution in [0.15, 0.2) is 10.7 Å². The Morgan fingerprint density at radius 3 is 2.88 bits per heavy atom. The molecule has 0 unspecified atom stereocenters. The lowest BCUT2D eigenvalue weighted by Crippen LogP contribution is -2.18. The fourth-order valence-corrected chi connectivity index (χ4v) is 2.62. The maximum absolute atomic E-state index is 6.14. The van der Waals surface area contributed by atoms with Gasteiger partial charge in [-0.2, -0.15) is 0 Å². The van der Waals surface area contributed by atoms with Crippen LogP contribution in [0.5, 0.6) is 0 Å². The van der Waals surface area contributed by atoms with Gasteiger partial charge in [-0.15, -0.1) is 0 Å². The van der Waals surface area contributed by atoms with Crippen molar-refractivity contribution in [3.8, 4) is 0 Å². The maximum atomic E-state index is 6.14. The topological polar surface area (TPSA) is 48.1 Å². The van der Waals surface area contributed by atoms with E-state index in [2.05, 4.69) is 20.9 Å². The summed E-state index contributed by atoms with van der Waals surface area (Å²) in [6, 6.07) is 1.95. The Labute approximate surface area is 108 Å². The van der Waals surface area contributed by atoms with Gasteiger partial charge >= 0.3 is 0 Å². The minimum Gasteiger partial charge on any atom is -0.382 e. The van der Waals surface area contributed by atoms with Gasteiger partial charge in [0.05, 0.1) is 5.02 Å². The molecule has 0 radical (unpaired) electrons. The van der Waals surface area contributed by atoms with Crippen molar-refractivity contribution in [1.29, 1.82) is 0 Å². The van der Waals surface area contributed by atoms with E-state index in [0.717, 1.165) is 42.6 Å². The standard InChI is InChI=1S/C11H14BrClN2O/c12-9-6-8(10(13)11(14)15-9)5-7-1-3-16-4-2-7/h6-7H,1-5H2,(H2,14,15). The van der Waals surface area contributed by atoms with Gasteiger partial charge in [0.1, 0.15) is 10.4 Å². The number of rotatable bonds is 2. The van der Waals surface area contributed by atoms with E-state index in [1.54, 1.807) is 0 Å². The molecule has 0 saturated carbocycles. The molecule has 1 aromatic heterocycles. The summed E-state index contributed by atoms with van der Waals surface area (Å²) in [5, 5.41) is 0.592. The third kappa shape index (κ3) is 2.87. The van der Waals surface area contributed by atoms with E-state index >= 15 is 0 Å². The average Bonchev–Trinajstić information content (AvgIpc) is 2.27. The molecule has 2 rings (SSSR count). The Hall–Kier alpha value is -0.320. The van der Waals surface area contributed by atoms with Crippen LogP contribution in [0.4, 0.5) is 5.82 Å². The molecule has 1 aliphatic rings. The number of nitrogens with two attached hydrogens (primary N) is 1. The van der Waals surface area contributed by atoms with Crippen molar-refractivity contribution in [2.75, 3.05) is 18.9 Å².